The van der Waals surface area contributed by atoms with Crippen molar-refractivity contribution in [2.45, 2.75) is 25.3 Å². The molecule has 5 heteroatoms. The summed E-state index contributed by atoms with van der Waals surface area (Å²) < 4.78 is 10.1. The second-order valence-corrected chi connectivity index (χ2v) is 5.09. The van der Waals surface area contributed by atoms with Gasteiger partial charge in [-0.15, -0.1) is 0 Å². The van der Waals surface area contributed by atoms with Crippen LogP contribution in [-0.4, -0.2) is 13.2 Å². The lowest BCUT2D eigenvalue weighted by Gasteiger charge is -2.24. The molecule has 0 saturated carbocycles. The summed E-state index contributed by atoms with van der Waals surface area (Å²) in [6, 6.07) is 9.88. The van der Waals surface area contributed by atoms with E-state index in [1.54, 1.807) is 6.26 Å². The standard InChI is InChI=1S/C16H18N2O3/c1-20-16(19)18-12-5-2-4-11(10-12)17-14-6-3-7-15-13(14)8-9-21-15/h2,4-5,8-10,14,17H,3,6-7H2,1H3,(H,18,19). The Bertz CT molecular complexity index is 636. The van der Waals surface area contributed by atoms with Crippen LogP contribution in [0, 0.1) is 0 Å². The smallest absolute Gasteiger partial charge is 0.411 e. The number of hydrogen-bond acceptors (Lipinski definition) is 4. The van der Waals surface area contributed by atoms with Crippen LogP contribution in [0.15, 0.2) is 41.0 Å². The quantitative estimate of drug-likeness (QED) is 0.896. The normalized spacial score (nSPS) is 16.9. The van der Waals surface area contributed by atoms with Crippen molar-refractivity contribution in [1.82, 2.24) is 0 Å². The molecule has 1 aromatic heterocycles. The number of methoxy groups -OCH3 is 1. The highest BCUT2D eigenvalue weighted by Crippen LogP contribution is 2.33. The lowest BCUT2D eigenvalue weighted by molar-refractivity contribution is 0.187. The number of fused-ring (bicyclic) bond motifs is 1. The molecule has 0 radical (unpaired) electrons. The van der Waals surface area contributed by atoms with Crippen LogP contribution < -0.4 is 10.6 Å². The van der Waals surface area contributed by atoms with Crippen molar-refractivity contribution in [3.8, 4) is 0 Å². The van der Waals surface area contributed by atoms with E-state index in [9.17, 15) is 4.79 Å². The van der Waals surface area contributed by atoms with Crippen molar-refractivity contribution in [1.29, 1.82) is 0 Å². The molecule has 2 N–H and O–H groups in total. The van der Waals surface area contributed by atoms with Gasteiger partial charge in [0, 0.05) is 23.4 Å². The summed E-state index contributed by atoms with van der Waals surface area (Å²) in [4.78, 5) is 11.2. The van der Waals surface area contributed by atoms with Crippen molar-refractivity contribution in [2.24, 2.45) is 0 Å². The second-order valence-electron chi connectivity index (χ2n) is 5.09. The molecule has 0 bridgehead atoms. The predicted octanol–water partition coefficient (Wildman–Crippen LogP) is 3.95. The van der Waals surface area contributed by atoms with Gasteiger partial charge in [0.1, 0.15) is 5.76 Å². The Labute approximate surface area is 123 Å². The van der Waals surface area contributed by atoms with Crippen LogP contribution in [0.25, 0.3) is 0 Å². The summed E-state index contributed by atoms with van der Waals surface area (Å²) in [5.41, 5.74) is 2.89. The number of hydrogen-bond donors (Lipinski definition) is 2. The van der Waals surface area contributed by atoms with Crippen molar-refractivity contribution < 1.29 is 13.9 Å². The fraction of sp³-hybridized carbons (Fsp3) is 0.312. The Morgan fingerprint density at radius 2 is 2.19 bits per heavy atom. The molecule has 1 aromatic carbocycles. The monoisotopic (exact) mass is 286 g/mol. The number of carbonyl (C=O) groups is 1. The van der Waals surface area contributed by atoms with Crippen LogP contribution in [0.1, 0.15) is 30.2 Å². The van der Waals surface area contributed by atoms with Crippen molar-refractivity contribution >= 4 is 17.5 Å². The van der Waals surface area contributed by atoms with Crippen molar-refractivity contribution in [3.63, 3.8) is 0 Å². The fourth-order valence-electron chi connectivity index (χ4n) is 2.69. The molecule has 0 saturated heterocycles. The highest BCUT2D eigenvalue weighted by atomic mass is 16.5. The van der Waals surface area contributed by atoms with Gasteiger partial charge in [0.05, 0.1) is 19.4 Å². The Balaban J connectivity index is 1.74. The van der Waals surface area contributed by atoms with Crippen LogP contribution in [-0.2, 0) is 11.2 Å². The van der Waals surface area contributed by atoms with Crippen LogP contribution in [0.3, 0.4) is 0 Å². The van der Waals surface area contributed by atoms with Gasteiger partial charge in [0.15, 0.2) is 0 Å². The first-order chi connectivity index (χ1) is 10.3. The average Bonchev–Trinajstić information content (AvgIpc) is 2.97. The zero-order chi connectivity index (χ0) is 14.7. The maximum Gasteiger partial charge on any atom is 0.411 e. The number of carbonyl (C=O) groups excluding carboxylic acids is 1. The summed E-state index contributed by atoms with van der Waals surface area (Å²) in [7, 11) is 1.35. The number of furan rings is 1. The minimum absolute atomic E-state index is 0.251. The highest BCUT2D eigenvalue weighted by Gasteiger charge is 2.22. The molecule has 3 rings (SSSR count). The van der Waals surface area contributed by atoms with Gasteiger partial charge < -0.3 is 14.5 Å². The molecule has 1 aliphatic rings. The van der Waals surface area contributed by atoms with E-state index in [0.717, 1.165) is 30.7 Å². The summed E-state index contributed by atoms with van der Waals surface area (Å²) in [6.45, 7) is 0. The molecule has 2 aromatic rings. The zero-order valence-electron chi connectivity index (χ0n) is 11.9. The van der Waals surface area contributed by atoms with Gasteiger partial charge in [0.2, 0.25) is 0 Å². The third kappa shape index (κ3) is 3.02. The minimum atomic E-state index is -0.470. The van der Waals surface area contributed by atoms with Gasteiger partial charge in [0.25, 0.3) is 0 Å². The first kappa shape index (κ1) is 13.5. The molecule has 1 heterocycles. The molecule has 0 aliphatic heterocycles. The van der Waals surface area contributed by atoms with E-state index in [0.29, 0.717) is 5.69 Å². The summed E-state index contributed by atoms with van der Waals surface area (Å²) in [6.07, 6.45) is 4.46. The maximum atomic E-state index is 11.2. The molecule has 0 spiro atoms. The number of anilines is 2. The molecule has 1 amide bonds. The summed E-state index contributed by atoms with van der Waals surface area (Å²) in [5, 5.41) is 6.17. The van der Waals surface area contributed by atoms with E-state index in [1.165, 1.54) is 12.7 Å². The first-order valence-electron chi connectivity index (χ1n) is 7.04. The van der Waals surface area contributed by atoms with E-state index >= 15 is 0 Å². The summed E-state index contributed by atoms with van der Waals surface area (Å²) >= 11 is 0. The minimum Gasteiger partial charge on any atom is -0.469 e. The number of amides is 1. The molecular weight excluding hydrogens is 268 g/mol. The lowest BCUT2D eigenvalue weighted by atomic mass is 9.93. The molecule has 1 atom stereocenters. The topological polar surface area (TPSA) is 63.5 Å². The van der Waals surface area contributed by atoms with E-state index < -0.39 is 6.09 Å². The average molecular weight is 286 g/mol. The maximum absolute atomic E-state index is 11.2. The molecule has 1 unspecified atom stereocenters. The zero-order valence-corrected chi connectivity index (χ0v) is 11.9. The lowest BCUT2D eigenvalue weighted by Crippen LogP contribution is -2.16. The van der Waals surface area contributed by atoms with Crippen LogP contribution >= 0.6 is 0 Å². The van der Waals surface area contributed by atoms with E-state index in [4.69, 9.17) is 4.42 Å². The summed E-state index contributed by atoms with van der Waals surface area (Å²) in [5.74, 6) is 1.07. The predicted molar refractivity (Wildman–Crippen MR) is 80.5 cm³/mol. The van der Waals surface area contributed by atoms with E-state index in [-0.39, 0.29) is 6.04 Å². The molecule has 21 heavy (non-hydrogen) atoms. The SMILES string of the molecule is COC(=O)Nc1cccc(NC2CCCc3occc32)c1. The molecular formula is C16H18N2O3. The van der Waals surface area contributed by atoms with Gasteiger partial charge in [-0.25, -0.2) is 4.79 Å². The number of ether oxygens (including phenoxy) is 1. The van der Waals surface area contributed by atoms with Crippen LogP contribution in [0.4, 0.5) is 16.2 Å². The highest BCUT2D eigenvalue weighted by molar-refractivity contribution is 5.85. The van der Waals surface area contributed by atoms with Crippen LogP contribution in [0.2, 0.25) is 0 Å². The van der Waals surface area contributed by atoms with Crippen molar-refractivity contribution in [3.05, 3.63) is 47.9 Å². The Morgan fingerprint density at radius 1 is 1.33 bits per heavy atom. The number of rotatable bonds is 3. The third-order valence-electron chi connectivity index (χ3n) is 3.69. The Kier molecular flexibility index (Phi) is 3.81. The van der Waals surface area contributed by atoms with Gasteiger partial charge in [-0.05, 0) is 37.1 Å². The van der Waals surface area contributed by atoms with Gasteiger partial charge >= 0.3 is 6.09 Å². The Morgan fingerprint density at radius 3 is 3.05 bits per heavy atom. The number of aryl methyl sites for hydroxylation is 1. The number of benzene rings is 1. The van der Waals surface area contributed by atoms with Crippen molar-refractivity contribution in [2.75, 3.05) is 17.7 Å². The molecule has 1 aliphatic carbocycles. The largest absolute Gasteiger partial charge is 0.469 e. The van der Waals surface area contributed by atoms with Crippen LogP contribution in [0.5, 0.6) is 0 Å². The first-order valence-corrected chi connectivity index (χ1v) is 7.04. The molecule has 110 valence electrons. The van der Waals surface area contributed by atoms with E-state index in [2.05, 4.69) is 15.4 Å². The second kappa shape index (κ2) is 5.91. The molecule has 0 fully saturated rings. The molecule has 5 nitrogen and oxygen atoms in total. The van der Waals surface area contributed by atoms with Gasteiger partial charge in [-0.2, -0.15) is 0 Å². The van der Waals surface area contributed by atoms with Gasteiger partial charge in [-0.3, -0.25) is 5.32 Å². The Hall–Kier alpha value is -2.43. The fourth-order valence-corrected chi connectivity index (χ4v) is 2.69. The van der Waals surface area contributed by atoms with E-state index in [1.807, 2.05) is 30.3 Å². The third-order valence-corrected chi connectivity index (χ3v) is 3.69. The van der Waals surface area contributed by atoms with Gasteiger partial charge in [-0.1, -0.05) is 6.07 Å². The number of nitrogens with one attached hydrogen (secondary N) is 2.